The summed E-state index contributed by atoms with van der Waals surface area (Å²) in [6.07, 6.45) is 9.27. The number of sulfone groups is 3. The van der Waals surface area contributed by atoms with E-state index in [1.54, 1.807) is 0 Å². The number of hydrogen-bond acceptors (Lipinski definition) is 6. The molecule has 0 atom stereocenters. The molecule has 0 aliphatic heterocycles. The van der Waals surface area contributed by atoms with Gasteiger partial charge in [0.25, 0.3) is 3.91 Å². The summed E-state index contributed by atoms with van der Waals surface area (Å²) in [6.45, 7) is 0. The Morgan fingerprint density at radius 2 is 0.607 bits per heavy atom. The molecule has 3 aliphatic carbocycles. The number of rotatable bonds is 6. The molecule has 0 aromatic carbocycles. The van der Waals surface area contributed by atoms with Gasteiger partial charge in [0, 0.05) is 0 Å². The predicted molar refractivity (Wildman–Crippen MR) is 111 cm³/mol. The summed E-state index contributed by atoms with van der Waals surface area (Å²) >= 11 is 0. The quantitative estimate of drug-likeness (QED) is 0.608. The Bertz CT molecular complexity index is 712. The third-order valence-corrected chi connectivity index (χ3v) is 17.5. The minimum absolute atomic E-state index is 0.374. The summed E-state index contributed by atoms with van der Waals surface area (Å²) in [5.41, 5.74) is 0. The van der Waals surface area contributed by atoms with Gasteiger partial charge in [0.05, 0.1) is 15.7 Å². The Labute approximate surface area is 170 Å². The first-order valence-corrected chi connectivity index (χ1v) is 15.7. The smallest absolute Gasteiger partial charge is 0.226 e. The molecule has 9 heteroatoms. The molecular weight excluding hydrogens is 420 g/mol. The third kappa shape index (κ3) is 4.46. The molecular formula is C19H34O6S3. The van der Waals surface area contributed by atoms with Crippen molar-refractivity contribution in [2.24, 2.45) is 0 Å². The van der Waals surface area contributed by atoms with Crippen molar-refractivity contribution in [2.75, 3.05) is 0 Å². The molecule has 0 aromatic rings. The van der Waals surface area contributed by atoms with E-state index in [-0.39, 0.29) is 0 Å². The van der Waals surface area contributed by atoms with Crippen LogP contribution in [0.15, 0.2) is 0 Å². The average molecular weight is 455 g/mol. The molecule has 0 bridgehead atoms. The van der Waals surface area contributed by atoms with E-state index in [1.165, 1.54) is 0 Å². The lowest BCUT2D eigenvalue weighted by Crippen LogP contribution is -2.50. The van der Waals surface area contributed by atoms with Crippen LogP contribution in [0.25, 0.3) is 0 Å². The minimum atomic E-state index is -4.31. The van der Waals surface area contributed by atoms with Crippen molar-refractivity contribution >= 4 is 29.5 Å². The van der Waals surface area contributed by atoms with Crippen LogP contribution in [0.3, 0.4) is 0 Å². The van der Waals surface area contributed by atoms with Gasteiger partial charge in [0.15, 0.2) is 29.5 Å². The first-order chi connectivity index (χ1) is 13.2. The molecule has 0 N–H and O–H groups in total. The molecule has 0 unspecified atom stereocenters. The molecule has 0 saturated heterocycles. The van der Waals surface area contributed by atoms with Gasteiger partial charge in [-0.05, 0) is 38.5 Å². The van der Waals surface area contributed by atoms with E-state index >= 15 is 0 Å². The van der Waals surface area contributed by atoms with Gasteiger partial charge in [0.1, 0.15) is 0 Å². The number of hydrogen-bond donors (Lipinski definition) is 0. The maximum Gasteiger partial charge on any atom is 0.263 e. The zero-order chi connectivity index (χ0) is 20.4. The first kappa shape index (κ1) is 22.5. The van der Waals surface area contributed by atoms with Crippen molar-refractivity contribution in [1.82, 2.24) is 0 Å². The highest BCUT2D eigenvalue weighted by Gasteiger charge is 2.55. The SMILES string of the molecule is O=S(=O)(C1CCCCC1)C(S(=O)(=O)C1CCCCC1)S(=O)(=O)C1CCCCC1. The van der Waals surface area contributed by atoms with Crippen LogP contribution in [0, 0.1) is 0 Å². The molecule has 3 aliphatic rings. The summed E-state index contributed by atoms with van der Waals surface area (Å²) in [7, 11) is -12.9. The van der Waals surface area contributed by atoms with E-state index in [0.717, 1.165) is 19.3 Å². The second-order valence-corrected chi connectivity index (χ2v) is 16.7. The first-order valence-electron chi connectivity index (χ1n) is 10.9. The molecule has 3 saturated carbocycles. The van der Waals surface area contributed by atoms with Crippen LogP contribution in [0.5, 0.6) is 0 Å². The topological polar surface area (TPSA) is 102 Å². The molecule has 0 amide bonds. The highest BCUT2D eigenvalue weighted by atomic mass is 32.3. The van der Waals surface area contributed by atoms with Crippen molar-refractivity contribution in [1.29, 1.82) is 0 Å². The van der Waals surface area contributed by atoms with E-state index in [1.807, 2.05) is 0 Å². The Morgan fingerprint density at radius 3 is 0.821 bits per heavy atom. The van der Waals surface area contributed by atoms with E-state index < -0.39 is 49.2 Å². The molecule has 0 aromatic heterocycles. The summed E-state index contributed by atoms with van der Waals surface area (Å²) < 4.78 is 78.8. The van der Waals surface area contributed by atoms with Crippen LogP contribution in [-0.2, 0) is 29.5 Å². The maximum atomic E-state index is 13.5. The second-order valence-electron chi connectivity index (χ2n) is 8.84. The van der Waals surface area contributed by atoms with Crippen LogP contribution in [-0.4, -0.2) is 44.9 Å². The summed E-state index contributed by atoms with van der Waals surface area (Å²) in [4.78, 5) is 0. The molecule has 0 heterocycles. The molecule has 0 spiro atoms. The van der Waals surface area contributed by atoms with Gasteiger partial charge in [-0.2, -0.15) is 0 Å². The van der Waals surface area contributed by atoms with Gasteiger partial charge in [-0.1, -0.05) is 57.8 Å². The van der Waals surface area contributed by atoms with Crippen LogP contribution in [0.1, 0.15) is 96.3 Å². The van der Waals surface area contributed by atoms with Crippen LogP contribution >= 0.6 is 0 Å². The average Bonchev–Trinajstić information content (AvgIpc) is 2.69. The van der Waals surface area contributed by atoms with Crippen LogP contribution in [0.2, 0.25) is 0 Å². The fourth-order valence-corrected chi connectivity index (χ4v) is 16.4. The molecule has 6 nitrogen and oxygen atoms in total. The monoisotopic (exact) mass is 454 g/mol. The lowest BCUT2D eigenvalue weighted by atomic mass is 10.0. The van der Waals surface area contributed by atoms with E-state index in [0.29, 0.717) is 77.0 Å². The zero-order valence-corrected chi connectivity index (χ0v) is 19.0. The Balaban J connectivity index is 2.05. The van der Waals surface area contributed by atoms with Crippen molar-refractivity contribution in [3.05, 3.63) is 0 Å². The highest BCUT2D eigenvalue weighted by molar-refractivity contribution is 8.24. The van der Waals surface area contributed by atoms with Crippen molar-refractivity contribution in [3.8, 4) is 0 Å². The molecule has 164 valence electrons. The van der Waals surface area contributed by atoms with Crippen LogP contribution in [0.4, 0.5) is 0 Å². The van der Waals surface area contributed by atoms with Crippen LogP contribution < -0.4 is 0 Å². The maximum absolute atomic E-state index is 13.5. The van der Waals surface area contributed by atoms with Gasteiger partial charge in [-0.15, -0.1) is 0 Å². The summed E-state index contributed by atoms with van der Waals surface area (Å²) in [6, 6.07) is 0. The fourth-order valence-electron chi connectivity index (χ4n) is 5.21. The minimum Gasteiger partial charge on any atom is -0.226 e. The zero-order valence-electron chi connectivity index (χ0n) is 16.6. The molecule has 0 radical (unpaired) electrons. The van der Waals surface area contributed by atoms with Gasteiger partial charge < -0.3 is 0 Å². The molecule has 28 heavy (non-hydrogen) atoms. The van der Waals surface area contributed by atoms with Gasteiger partial charge in [0.2, 0.25) is 0 Å². The highest BCUT2D eigenvalue weighted by Crippen LogP contribution is 2.38. The molecule has 3 fully saturated rings. The Hall–Kier alpha value is -0.150. The van der Waals surface area contributed by atoms with Crippen molar-refractivity contribution in [3.63, 3.8) is 0 Å². The predicted octanol–water partition coefficient (Wildman–Crippen LogP) is 3.51. The lowest BCUT2D eigenvalue weighted by molar-refractivity contribution is 0.469. The van der Waals surface area contributed by atoms with Crippen molar-refractivity contribution < 1.29 is 25.3 Å². The fraction of sp³-hybridized carbons (Fsp3) is 1.00. The standard InChI is InChI=1S/C19H34O6S3/c20-26(21,16-10-4-1-5-11-16)19(27(22,23)17-12-6-2-7-13-17)28(24,25)18-14-8-3-9-15-18/h16-19H,1-15H2. The summed E-state index contributed by atoms with van der Waals surface area (Å²) in [5.74, 6) is 0. The summed E-state index contributed by atoms with van der Waals surface area (Å²) in [5, 5.41) is -2.53. The van der Waals surface area contributed by atoms with Gasteiger partial charge in [-0.3, -0.25) is 0 Å². The molecule has 3 rings (SSSR count). The normalized spacial score (nSPS) is 25.2. The van der Waals surface area contributed by atoms with E-state index in [2.05, 4.69) is 0 Å². The van der Waals surface area contributed by atoms with E-state index in [9.17, 15) is 25.3 Å². The second kappa shape index (κ2) is 8.92. The third-order valence-electron chi connectivity index (χ3n) is 6.86. The van der Waals surface area contributed by atoms with E-state index in [4.69, 9.17) is 0 Å². The van der Waals surface area contributed by atoms with Crippen molar-refractivity contribution in [2.45, 2.75) is 116 Å². The lowest BCUT2D eigenvalue weighted by Gasteiger charge is -2.33. The van der Waals surface area contributed by atoms with Gasteiger partial charge >= 0.3 is 0 Å². The Morgan fingerprint density at radius 1 is 0.393 bits per heavy atom. The largest absolute Gasteiger partial charge is 0.263 e. The van der Waals surface area contributed by atoms with Gasteiger partial charge in [-0.25, -0.2) is 25.3 Å². The Kier molecular flexibility index (Phi) is 7.18.